The predicted octanol–water partition coefficient (Wildman–Crippen LogP) is 5.01. The zero-order valence-corrected chi connectivity index (χ0v) is 18.3. The van der Waals surface area contributed by atoms with Crippen LogP contribution < -0.4 is 19.6 Å². The van der Waals surface area contributed by atoms with E-state index < -0.39 is 0 Å². The first-order chi connectivity index (χ1) is 15.0. The minimum atomic E-state index is -0.358. The van der Waals surface area contributed by atoms with Crippen molar-refractivity contribution in [1.29, 1.82) is 0 Å². The van der Waals surface area contributed by atoms with Gasteiger partial charge in [-0.2, -0.15) is 5.10 Å². The minimum absolute atomic E-state index is 0.358. The lowest BCUT2D eigenvalue weighted by molar-refractivity contribution is 0.0952. The molecule has 0 aliphatic rings. The number of carbonyl (C=O) groups is 1. The van der Waals surface area contributed by atoms with Gasteiger partial charge in [0.25, 0.3) is 5.91 Å². The molecular formula is C24H23ClN2O4. The molecule has 1 N–H and O–H groups in total. The number of amides is 1. The van der Waals surface area contributed by atoms with Crippen LogP contribution in [0.5, 0.6) is 17.2 Å². The fourth-order valence-corrected chi connectivity index (χ4v) is 2.96. The Labute approximate surface area is 186 Å². The van der Waals surface area contributed by atoms with Crippen molar-refractivity contribution in [2.75, 3.05) is 14.2 Å². The van der Waals surface area contributed by atoms with E-state index in [4.69, 9.17) is 25.8 Å². The number of nitrogens with zero attached hydrogens (tertiary/aromatic N) is 1. The van der Waals surface area contributed by atoms with E-state index in [9.17, 15) is 4.79 Å². The molecule has 0 unspecified atom stereocenters. The second-order valence-corrected chi connectivity index (χ2v) is 7.16. The van der Waals surface area contributed by atoms with Crippen molar-refractivity contribution in [3.8, 4) is 17.2 Å². The number of halogens is 1. The van der Waals surface area contributed by atoms with Crippen LogP contribution in [-0.4, -0.2) is 26.3 Å². The molecule has 3 aromatic carbocycles. The molecule has 0 aromatic heterocycles. The molecule has 0 heterocycles. The van der Waals surface area contributed by atoms with E-state index in [0.717, 1.165) is 16.7 Å². The Morgan fingerprint density at radius 1 is 0.968 bits per heavy atom. The molecule has 0 spiro atoms. The lowest BCUT2D eigenvalue weighted by atomic mass is 10.1. The van der Waals surface area contributed by atoms with Gasteiger partial charge in [0, 0.05) is 5.02 Å². The maximum Gasteiger partial charge on any atom is 0.275 e. The van der Waals surface area contributed by atoms with Crippen LogP contribution in [0.1, 0.15) is 27.0 Å². The van der Waals surface area contributed by atoms with Crippen molar-refractivity contribution >= 4 is 23.7 Å². The van der Waals surface area contributed by atoms with Crippen molar-refractivity contribution in [3.05, 3.63) is 87.9 Å². The summed E-state index contributed by atoms with van der Waals surface area (Å²) in [4.78, 5) is 12.4. The van der Waals surface area contributed by atoms with Crippen molar-refractivity contribution < 1.29 is 19.0 Å². The molecule has 3 rings (SSSR count). The van der Waals surface area contributed by atoms with E-state index in [2.05, 4.69) is 10.5 Å². The van der Waals surface area contributed by atoms with Crippen molar-refractivity contribution in [3.63, 3.8) is 0 Å². The minimum Gasteiger partial charge on any atom is -0.496 e. The maximum absolute atomic E-state index is 12.4. The molecule has 0 saturated carbocycles. The predicted molar refractivity (Wildman–Crippen MR) is 122 cm³/mol. The SMILES string of the molecule is COc1cc(C=NNC(=O)c2ccc(C)cc2OC)ccc1OCc1ccc(Cl)cc1. The van der Waals surface area contributed by atoms with Gasteiger partial charge in [-0.1, -0.05) is 29.8 Å². The smallest absolute Gasteiger partial charge is 0.275 e. The first kappa shape index (κ1) is 22.2. The van der Waals surface area contributed by atoms with Crippen LogP contribution in [0.3, 0.4) is 0 Å². The number of ether oxygens (including phenoxy) is 3. The molecule has 160 valence electrons. The lowest BCUT2D eigenvalue weighted by Crippen LogP contribution is -2.18. The van der Waals surface area contributed by atoms with Gasteiger partial charge in [-0.05, 0) is 66.1 Å². The van der Waals surface area contributed by atoms with Gasteiger partial charge < -0.3 is 14.2 Å². The van der Waals surface area contributed by atoms with E-state index >= 15 is 0 Å². The first-order valence-corrected chi connectivity index (χ1v) is 9.91. The number of carbonyl (C=O) groups excluding carboxylic acids is 1. The maximum atomic E-state index is 12.4. The fraction of sp³-hybridized carbons (Fsp3) is 0.167. The molecule has 6 nitrogen and oxygen atoms in total. The van der Waals surface area contributed by atoms with Crippen LogP contribution in [0.4, 0.5) is 0 Å². The number of benzene rings is 3. The highest BCUT2D eigenvalue weighted by atomic mass is 35.5. The summed E-state index contributed by atoms with van der Waals surface area (Å²) >= 11 is 5.91. The highest BCUT2D eigenvalue weighted by molar-refractivity contribution is 6.30. The quantitative estimate of drug-likeness (QED) is 0.396. The summed E-state index contributed by atoms with van der Waals surface area (Å²) in [6.45, 7) is 2.31. The molecule has 1 amide bonds. The summed E-state index contributed by atoms with van der Waals surface area (Å²) in [7, 11) is 3.09. The number of methoxy groups -OCH3 is 2. The third-order valence-electron chi connectivity index (χ3n) is 4.48. The highest BCUT2D eigenvalue weighted by Gasteiger charge is 2.11. The number of hydrogen-bond donors (Lipinski definition) is 1. The highest BCUT2D eigenvalue weighted by Crippen LogP contribution is 2.28. The Balaban J connectivity index is 1.64. The molecule has 0 radical (unpaired) electrons. The van der Waals surface area contributed by atoms with Gasteiger partial charge in [0.2, 0.25) is 0 Å². The van der Waals surface area contributed by atoms with Gasteiger partial charge in [-0.3, -0.25) is 4.79 Å². The molecule has 0 aliphatic carbocycles. The number of hydrogen-bond acceptors (Lipinski definition) is 5. The van der Waals surface area contributed by atoms with E-state index in [1.807, 2.05) is 43.3 Å². The Bertz CT molecular complexity index is 1080. The molecule has 31 heavy (non-hydrogen) atoms. The van der Waals surface area contributed by atoms with E-state index in [-0.39, 0.29) is 5.91 Å². The third kappa shape index (κ3) is 5.99. The Morgan fingerprint density at radius 3 is 2.42 bits per heavy atom. The molecule has 0 aliphatic heterocycles. The van der Waals surface area contributed by atoms with Crippen LogP contribution in [0.25, 0.3) is 0 Å². The van der Waals surface area contributed by atoms with Gasteiger partial charge in [0.15, 0.2) is 11.5 Å². The van der Waals surface area contributed by atoms with Crippen LogP contribution in [0, 0.1) is 6.92 Å². The van der Waals surface area contributed by atoms with Crippen LogP contribution >= 0.6 is 11.6 Å². The Kier molecular flexibility index (Phi) is 7.51. The second-order valence-electron chi connectivity index (χ2n) is 6.73. The van der Waals surface area contributed by atoms with Gasteiger partial charge in [0.05, 0.1) is 26.0 Å². The summed E-state index contributed by atoms with van der Waals surface area (Å²) in [5, 5.41) is 4.71. The molecule has 3 aromatic rings. The number of hydrazone groups is 1. The molecule has 0 atom stereocenters. The van der Waals surface area contributed by atoms with Gasteiger partial charge in [-0.15, -0.1) is 0 Å². The number of nitrogens with one attached hydrogen (secondary N) is 1. The average molecular weight is 439 g/mol. The number of rotatable bonds is 8. The monoisotopic (exact) mass is 438 g/mol. The number of aryl methyl sites for hydroxylation is 1. The van der Waals surface area contributed by atoms with Gasteiger partial charge in [0.1, 0.15) is 12.4 Å². The molecule has 0 saturated heterocycles. The summed E-state index contributed by atoms with van der Waals surface area (Å²) in [6, 6.07) is 18.2. The summed E-state index contributed by atoms with van der Waals surface area (Å²) in [5.74, 6) is 1.30. The van der Waals surface area contributed by atoms with E-state index in [0.29, 0.717) is 34.4 Å². The van der Waals surface area contributed by atoms with Crippen LogP contribution in [-0.2, 0) is 6.61 Å². The normalized spacial score (nSPS) is 10.7. The second kappa shape index (κ2) is 10.5. The third-order valence-corrected chi connectivity index (χ3v) is 4.73. The van der Waals surface area contributed by atoms with Crippen LogP contribution in [0.15, 0.2) is 65.8 Å². The Morgan fingerprint density at radius 2 is 1.71 bits per heavy atom. The molecule has 7 heteroatoms. The summed E-state index contributed by atoms with van der Waals surface area (Å²) in [6.07, 6.45) is 1.53. The van der Waals surface area contributed by atoms with Gasteiger partial charge in [-0.25, -0.2) is 5.43 Å². The Hall–Kier alpha value is -3.51. The zero-order valence-electron chi connectivity index (χ0n) is 17.5. The first-order valence-electron chi connectivity index (χ1n) is 9.53. The average Bonchev–Trinajstić information content (AvgIpc) is 2.78. The van der Waals surface area contributed by atoms with Crippen molar-refractivity contribution in [2.45, 2.75) is 13.5 Å². The lowest BCUT2D eigenvalue weighted by Gasteiger charge is -2.11. The van der Waals surface area contributed by atoms with Crippen LogP contribution in [0.2, 0.25) is 5.02 Å². The fourth-order valence-electron chi connectivity index (χ4n) is 2.84. The molecular weight excluding hydrogens is 416 g/mol. The van der Waals surface area contributed by atoms with E-state index in [1.54, 1.807) is 31.4 Å². The van der Waals surface area contributed by atoms with Gasteiger partial charge >= 0.3 is 0 Å². The standard InChI is InChI=1S/C24H23ClN2O4/c1-16-4-10-20(22(12-16)29-2)24(28)27-26-14-18-7-11-21(23(13-18)30-3)31-15-17-5-8-19(25)9-6-17/h4-14H,15H2,1-3H3,(H,27,28). The largest absolute Gasteiger partial charge is 0.496 e. The van der Waals surface area contributed by atoms with Crippen molar-refractivity contribution in [2.24, 2.45) is 5.10 Å². The zero-order chi connectivity index (χ0) is 22.2. The summed E-state index contributed by atoms with van der Waals surface area (Å²) < 4.78 is 16.5. The molecule has 0 fully saturated rings. The summed E-state index contributed by atoms with van der Waals surface area (Å²) in [5.41, 5.74) is 5.66. The van der Waals surface area contributed by atoms with Crippen molar-refractivity contribution in [1.82, 2.24) is 5.43 Å². The molecule has 0 bridgehead atoms. The topological polar surface area (TPSA) is 69.2 Å². The van der Waals surface area contributed by atoms with E-state index in [1.165, 1.54) is 13.3 Å².